The minimum Gasteiger partial charge on any atom is -0.495 e. The van der Waals surface area contributed by atoms with Gasteiger partial charge in [0.2, 0.25) is 0 Å². The van der Waals surface area contributed by atoms with Crippen molar-refractivity contribution < 1.29 is 9.53 Å². The Morgan fingerprint density at radius 1 is 1.16 bits per heavy atom. The molecule has 0 aliphatic heterocycles. The first-order valence-corrected chi connectivity index (χ1v) is 12.5. The number of aromatic nitrogens is 5. The molecule has 9 nitrogen and oxygen atoms in total. The Hall–Kier alpha value is -4.45. The van der Waals surface area contributed by atoms with Gasteiger partial charge in [0.15, 0.2) is 0 Å². The molecule has 0 radical (unpaired) electrons. The largest absolute Gasteiger partial charge is 0.495 e. The molecule has 9 heteroatoms. The summed E-state index contributed by atoms with van der Waals surface area (Å²) in [6.45, 7) is 14.3. The van der Waals surface area contributed by atoms with Crippen LogP contribution in [0.15, 0.2) is 42.7 Å². The number of methoxy groups -OCH3 is 1. The van der Waals surface area contributed by atoms with E-state index in [-0.39, 0.29) is 23.1 Å². The van der Waals surface area contributed by atoms with E-state index in [0.29, 0.717) is 16.8 Å². The Bertz CT molecular complexity index is 1550. The normalized spacial score (nSPS) is 11.5. The molecular weight excluding hydrogens is 478 g/mol. The first kappa shape index (κ1) is 26.6. The lowest BCUT2D eigenvalue weighted by Gasteiger charge is -2.22. The molecule has 0 aliphatic rings. The van der Waals surface area contributed by atoms with Crippen molar-refractivity contribution in [2.45, 2.75) is 59.9 Å². The molecule has 1 amide bonds. The summed E-state index contributed by atoms with van der Waals surface area (Å²) in [6.07, 6.45) is 3.67. The SMILES string of the molecule is COc1c(C#N)cc(C(C)(C)C)cc1C(=O)Nc1ccc(C)c(-n2cc(-c3cnn(C(C)C)c3C)nn2)c1. The number of hydrogen-bond acceptors (Lipinski definition) is 6. The first-order valence-electron chi connectivity index (χ1n) is 12.5. The maximum atomic E-state index is 13.4. The van der Waals surface area contributed by atoms with Crippen LogP contribution in [0.4, 0.5) is 5.69 Å². The standard InChI is InChI=1S/C29H33N7O2/c1-17(2)36-19(4)24(15-31-36)25-16-35(34-33-25)26-13-22(10-9-18(26)3)32-28(37)23-12-21(29(5,6)7)11-20(14-30)27(23)38-8/h9-13,15-17H,1-8H3,(H,32,37). The van der Waals surface area contributed by atoms with Crippen LogP contribution in [0.3, 0.4) is 0 Å². The average Bonchev–Trinajstić information content (AvgIpc) is 3.50. The predicted molar refractivity (Wildman–Crippen MR) is 147 cm³/mol. The molecule has 0 aliphatic carbocycles. The number of anilines is 1. The molecule has 196 valence electrons. The minimum absolute atomic E-state index is 0.244. The third kappa shape index (κ3) is 5.02. The summed E-state index contributed by atoms with van der Waals surface area (Å²) in [4.78, 5) is 13.4. The summed E-state index contributed by atoms with van der Waals surface area (Å²) in [5.41, 5.74) is 6.24. The van der Waals surface area contributed by atoms with Crippen LogP contribution in [-0.4, -0.2) is 37.8 Å². The average molecular weight is 512 g/mol. The quantitative estimate of drug-likeness (QED) is 0.352. The van der Waals surface area contributed by atoms with Crippen molar-refractivity contribution in [3.05, 3.63) is 70.7 Å². The van der Waals surface area contributed by atoms with Gasteiger partial charge in [-0.2, -0.15) is 10.4 Å². The van der Waals surface area contributed by atoms with Crippen LogP contribution >= 0.6 is 0 Å². The van der Waals surface area contributed by atoms with Crippen LogP contribution in [0.2, 0.25) is 0 Å². The Morgan fingerprint density at radius 3 is 2.50 bits per heavy atom. The number of benzene rings is 2. The van der Waals surface area contributed by atoms with E-state index < -0.39 is 0 Å². The highest BCUT2D eigenvalue weighted by Crippen LogP contribution is 2.32. The molecule has 0 fully saturated rings. The number of amides is 1. The number of aryl methyl sites for hydroxylation is 1. The van der Waals surface area contributed by atoms with Crippen molar-refractivity contribution in [3.63, 3.8) is 0 Å². The number of rotatable bonds is 6. The second kappa shape index (κ2) is 10.1. The number of nitriles is 1. The number of nitrogens with one attached hydrogen (secondary N) is 1. The van der Waals surface area contributed by atoms with Gasteiger partial charge in [-0.3, -0.25) is 9.48 Å². The van der Waals surface area contributed by atoms with E-state index in [2.05, 4.69) is 40.6 Å². The third-order valence-electron chi connectivity index (χ3n) is 6.54. The van der Waals surface area contributed by atoms with Crippen LogP contribution in [0, 0.1) is 25.2 Å². The van der Waals surface area contributed by atoms with Crippen molar-refractivity contribution in [2.75, 3.05) is 12.4 Å². The third-order valence-corrected chi connectivity index (χ3v) is 6.54. The van der Waals surface area contributed by atoms with E-state index in [4.69, 9.17) is 4.74 Å². The van der Waals surface area contributed by atoms with E-state index in [9.17, 15) is 10.1 Å². The Kier molecular flexibility index (Phi) is 7.09. The van der Waals surface area contributed by atoms with Gasteiger partial charge in [0, 0.05) is 23.0 Å². The fourth-order valence-corrected chi connectivity index (χ4v) is 4.37. The van der Waals surface area contributed by atoms with E-state index in [1.54, 1.807) is 16.8 Å². The van der Waals surface area contributed by atoms with E-state index in [1.807, 2.05) is 69.9 Å². The smallest absolute Gasteiger partial charge is 0.259 e. The monoisotopic (exact) mass is 511 g/mol. The molecule has 4 rings (SSSR count). The lowest BCUT2D eigenvalue weighted by atomic mass is 9.84. The number of nitrogens with zero attached hydrogens (tertiary/aromatic N) is 6. The van der Waals surface area contributed by atoms with Crippen molar-refractivity contribution >= 4 is 11.6 Å². The number of hydrogen-bond donors (Lipinski definition) is 1. The van der Waals surface area contributed by atoms with E-state index >= 15 is 0 Å². The van der Waals surface area contributed by atoms with Crippen LogP contribution < -0.4 is 10.1 Å². The van der Waals surface area contributed by atoms with Gasteiger partial charge in [-0.25, -0.2) is 4.68 Å². The fourth-order valence-electron chi connectivity index (χ4n) is 4.37. The lowest BCUT2D eigenvalue weighted by Crippen LogP contribution is -2.18. The highest BCUT2D eigenvalue weighted by Gasteiger charge is 2.23. The second-order valence-corrected chi connectivity index (χ2v) is 10.7. The molecule has 0 saturated carbocycles. The molecule has 0 atom stereocenters. The van der Waals surface area contributed by atoms with Crippen molar-refractivity contribution in [1.82, 2.24) is 24.8 Å². The van der Waals surface area contributed by atoms with E-state index in [1.165, 1.54) is 7.11 Å². The number of carbonyl (C=O) groups is 1. The van der Waals surface area contributed by atoms with E-state index in [0.717, 1.165) is 33.8 Å². The molecular formula is C29H33N7O2. The molecule has 38 heavy (non-hydrogen) atoms. The zero-order chi connectivity index (χ0) is 27.8. The maximum absolute atomic E-state index is 13.4. The van der Waals surface area contributed by atoms with Gasteiger partial charge in [0.25, 0.3) is 5.91 Å². The van der Waals surface area contributed by atoms with Gasteiger partial charge < -0.3 is 10.1 Å². The summed E-state index contributed by atoms with van der Waals surface area (Å²) in [6, 6.07) is 11.5. The van der Waals surface area contributed by atoms with Gasteiger partial charge in [0.1, 0.15) is 17.5 Å². The Morgan fingerprint density at radius 2 is 1.89 bits per heavy atom. The van der Waals surface area contributed by atoms with Crippen molar-refractivity contribution in [1.29, 1.82) is 5.26 Å². The summed E-state index contributed by atoms with van der Waals surface area (Å²) in [5.74, 6) is -0.112. The van der Waals surface area contributed by atoms with Crippen LogP contribution in [0.25, 0.3) is 16.9 Å². The molecule has 2 heterocycles. The maximum Gasteiger partial charge on any atom is 0.259 e. The summed E-state index contributed by atoms with van der Waals surface area (Å²) < 4.78 is 9.11. The minimum atomic E-state index is -0.366. The summed E-state index contributed by atoms with van der Waals surface area (Å²) in [5, 5.41) is 25.8. The van der Waals surface area contributed by atoms with Crippen LogP contribution in [0.1, 0.15) is 73.4 Å². The zero-order valence-corrected chi connectivity index (χ0v) is 23.1. The highest BCUT2D eigenvalue weighted by atomic mass is 16.5. The zero-order valence-electron chi connectivity index (χ0n) is 23.1. The predicted octanol–water partition coefficient (Wildman–Crippen LogP) is 5.76. The molecule has 0 spiro atoms. The molecule has 2 aromatic carbocycles. The number of carbonyl (C=O) groups excluding carboxylic acids is 1. The van der Waals surface area contributed by atoms with Gasteiger partial charge in [-0.1, -0.05) is 32.1 Å². The van der Waals surface area contributed by atoms with Crippen LogP contribution in [-0.2, 0) is 5.41 Å². The molecule has 0 unspecified atom stereocenters. The van der Waals surface area contributed by atoms with Crippen molar-refractivity contribution in [2.24, 2.45) is 0 Å². The second-order valence-electron chi connectivity index (χ2n) is 10.7. The molecule has 1 N–H and O–H groups in total. The summed E-state index contributed by atoms with van der Waals surface area (Å²) in [7, 11) is 1.46. The fraction of sp³-hybridized carbons (Fsp3) is 0.345. The molecule has 0 bridgehead atoms. The molecule has 2 aromatic heterocycles. The Labute approximate surface area is 223 Å². The van der Waals surface area contributed by atoms with Gasteiger partial charge in [0.05, 0.1) is 36.3 Å². The molecule has 4 aromatic rings. The lowest BCUT2D eigenvalue weighted by molar-refractivity contribution is 0.102. The highest BCUT2D eigenvalue weighted by molar-refractivity contribution is 6.07. The first-order chi connectivity index (χ1) is 17.9. The summed E-state index contributed by atoms with van der Waals surface area (Å²) >= 11 is 0. The van der Waals surface area contributed by atoms with Gasteiger partial charge in [-0.15, -0.1) is 5.10 Å². The topological polar surface area (TPSA) is 111 Å². The van der Waals surface area contributed by atoms with Gasteiger partial charge in [-0.05, 0) is 68.5 Å². The van der Waals surface area contributed by atoms with Crippen molar-refractivity contribution in [3.8, 4) is 28.8 Å². The van der Waals surface area contributed by atoms with Crippen LogP contribution in [0.5, 0.6) is 5.75 Å². The van der Waals surface area contributed by atoms with Gasteiger partial charge >= 0.3 is 0 Å². The Balaban J connectivity index is 1.67. The molecule has 0 saturated heterocycles. The number of ether oxygens (including phenoxy) is 1.